The van der Waals surface area contributed by atoms with E-state index in [4.69, 9.17) is 9.73 Å². The van der Waals surface area contributed by atoms with Gasteiger partial charge in [0.25, 0.3) is 0 Å². The van der Waals surface area contributed by atoms with E-state index in [9.17, 15) is 0 Å². The molecule has 2 fully saturated rings. The predicted octanol–water partition coefficient (Wildman–Crippen LogP) is 2.57. The van der Waals surface area contributed by atoms with Gasteiger partial charge in [0.05, 0.1) is 17.6 Å². The van der Waals surface area contributed by atoms with Gasteiger partial charge in [-0.15, -0.1) is 0 Å². The Morgan fingerprint density at radius 2 is 2.31 bits per heavy atom. The van der Waals surface area contributed by atoms with Gasteiger partial charge in [0.15, 0.2) is 5.96 Å². The first-order valence-electron chi connectivity index (χ1n) is 9.83. The zero-order valence-electron chi connectivity index (χ0n) is 15.6. The normalized spacial score (nSPS) is 23.4. The maximum Gasteiger partial charge on any atom is 0.193 e. The molecular weight excluding hydrogens is 326 g/mol. The van der Waals surface area contributed by atoms with Gasteiger partial charge in [0.2, 0.25) is 0 Å². The maximum atomic E-state index is 5.65. The quantitative estimate of drug-likeness (QED) is 0.491. The minimum Gasteiger partial charge on any atom is -0.381 e. The highest BCUT2D eigenvalue weighted by molar-refractivity contribution is 5.80. The lowest BCUT2D eigenvalue weighted by atomic mass is 9.87. The molecule has 2 saturated heterocycles. The smallest absolute Gasteiger partial charge is 0.193 e. The van der Waals surface area contributed by atoms with E-state index in [0.29, 0.717) is 5.41 Å². The van der Waals surface area contributed by atoms with Crippen molar-refractivity contribution in [3.63, 3.8) is 0 Å². The van der Waals surface area contributed by atoms with Crippen molar-refractivity contribution in [3.05, 3.63) is 30.1 Å². The summed E-state index contributed by atoms with van der Waals surface area (Å²) in [5.41, 5.74) is 2.52. The van der Waals surface area contributed by atoms with Crippen molar-refractivity contribution in [2.24, 2.45) is 10.4 Å². The molecule has 1 unspecified atom stereocenters. The van der Waals surface area contributed by atoms with Gasteiger partial charge in [-0.1, -0.05) is 12.1 Å². The average Bonchev–Trinajstić information content (AvgIpc) is 3.38. The van der Waals surface area contributed by atoms with Gasteiger partial charge in [0, 0.05) is 44.6 Å². The summed E-state index contributed by atoms with van der Waals surface area (Å²) in [4.78, 5) is 15.3. The first-order valence-corrected chi connectivity index (χ1v) is 9.83. The number of aromatic amines is 1. The number of nitrogens with one attached hydrogen (secondary N) is 2. The highest BCUT2D eigenvalue weighted by atomic mass is 16.5. The fourth-order valence-corrected chi connectivity index (χ4v) is 4.07. The van der Waals surface area contributed by atoms with Crippen LogP contribution in [0.4, 0.5) is 0 Å². The van der Waals surface area contributed by atoms with Crippen LogP contribution in [0.5, 0.6) is 0 Å². The van der Waals surface area contributed by atoms with E-state index in [2.05, 4.69) is 33.2 Å². The number of aliphatic imine (C=N–C) groups is 1. The summed E-state index contributed by atoms with van der Waals surface area (Å²) < 4.78 is 5.65. The number of aryl methyl sites for hydroxylation is 1. The minimum atomic E-state index is 0.366. The van der Waals surface area contributed by atoms with E-state index in [1.54, 1.807) is 0 Å². The number of benzene rings is 1. The fraction of sp³-hybridized carbons (Fsp3) is 0.600. The zero-order valence-corrected chi connectivity index (χ0v) is 15.6. The number of H-pyrrole nitrogens is 1. The van der Waals surface area contributed by atoms with Gasteiger partial charge in [-0.25, -0.2) is 4.98 Å². The van der Waals surface area contributed by atoms with Crippen LogP contribution in [0.15, 0.2) is 29.3 Å². The predicted molar refractivity (Wildman–Crippen MR) is 104 cm³/mol. The fourth-order valence-electron chi connectivity index (χ4n) is 4.07. The van der Waals surface area contributed by atoms with Gasteiger partial charge >= 0.3 is 0 Å². The second-order valence-electron chi connectivity index (χ2n) is 7.51. The van der Waals surface area contributed by atoms with Crippen LogP contribution in [-0.2, 0) is 11.2 Å². The molecule has 2 N–H and O–H groups in total. The lowest BCUT2D eigenvalue weighted by molar-refractivity contribution is 0.156. The van der Waals surface area contributed by atoms with Gasteiger partial charge in [-0.3, -0.25) is 4.99 Å². The molecule has 1 aromatic carbocycles. The van der Waals surface area contributed by atoms with Crippen LogP contribution in [0.25, 0.3) is 11.0 Å². The van der Waals surface area contributed by atoms with Gasteiger partial charge in [-0.2, -0.15) is 0 Å². The van der Waals surface area contributed by atoms with E-state index >= 15 is 0 Å². The van der Waals surface area contributed by atoms with Gasteiger partial charge in [-0.05, 0) is 38.3 Å². The molecule has 0 aliphatic carbocycles. The molecule has 140 valence electrons. The Labute approximate surface area is 155 Å². The molecule has 0 saturated carbocycles. The van der Waals surface area contributed by atoms with Crippen molar-refractivity contribution in [1.82, 2.24) is 20.2 Å². The van der Waals surface area contributed by atoms with E-state index in [1.807, 2.05) is 18.2 Å². The Hall–Kier alpha value is -2.08. The van der Waals surface area contributed by atoms with Gasteiger partial charge < -0.3 is 19.9 Å². The van der Waals surface area contributed by atoms with Crippen molar-refractivity contribution in [1.29, 1.82) is 0 Å². The number of aromatic nitrogens is 2. The maximum absolute atomic E-state index is 5.65. The number of ether oxygens (including phenoxy) is 1. The monoisotopic (exact) mass is 355 g/mol. The van der Waals surface area contributed by atoms with E-state index in [0.717, 1.165) is 75.1 Å². The van der Waals surface area contributed by atoms with Crippen LogP contribution < -0.4 is 5.32 Å². The lowest BCUT2D eigenvalue weighted by Crippen LogP contribution is -2.41. The van der Waals surface area contributed by atoms with Crippen molar-refractivity contribution in [3.8, 4) is 0 Å². The molecule has 6 nitrogen and oxygen atoms in total. The molecule has 0 amide bonds. The molecule has 1 atom stereocenters. The molecular formula is C20H29N5O. The third kappa shape index (κ3) is 3.70. The Balaban J connectivity index is 1.32. The summed E-state index contributed by atoms with van der Waals surface area (Å²) in [6.07, 6.45) is 4.33. The topological polar surface area (TPSA) is 65.5 Å². The van der Waals surface area contributed by atoms with Crippen LogP contribution >= 0.6 is 0 Å². The molecule has 1 aromatic heterocycles. The summed E-state index contributed by atoms with van der Waals surface area (Å²) >= 11 is 0. The molecule has 1 spiro atoms. The standard InChI is InChI=1S/C20H29N5O/c1-2-21-19(25-12-9-20(14-25)10-13-26-15-20)22-11-5-8-18-23-16-6-3-4-7-17(16)24-18/h3-4,6-7H,2,5,8-15H2,1H3,(H,21,22)(H,23,24). The molecule has 2 aliphatic heterocycles. The number of fused-ring (bicyclic) bond motifs is 1. The summed E-state index contributed by atoms with van der Waals surface area (Å²) in [6.45, 7) is 7.84. The molecule has 6 heteroatoms. The third-order valence-corrected chi connectivity index (χ3v) is 5.53. The SMILES string of the molecule is CCNC(=NCCCc1nc2ccccc2[nH]1)N1CCC2(CCOC2)C1. The van der Waals surface area contributed by atoms with Gasteiger partial charge in [0.1, 0.15) is 5.82 Å². The van der Waals surface area contributed by atoms with Crippen molar-refractivity contribution in [2.45, 2.75) is 32.6 Å². The van der Waals surface area contributed by atoms with E-state index < -0.39 is 0 Å². The molecule has 2 aliphatic rings. The first-order chi connectivity index (χ1) is 12.8. The Morgan fingerprint density at radius 1 is 1.38 bits per heavy atom. The van der Waals surface area contributed by atoms with Crippen LogP contribution in [0.3, 0.4) is 0 Å². The highest BCUT2D eigenvalue weighted by Crippen LogP contribution is 2.38. The summed E-state index contributed by atoms with van der Waals surface area (Å²) in [5.74, 6) is 2.11. The third-order valence-electron chi connectivity index (χ3n) is 5.53. The zero-order chi connectivity index (χ0) is 17.8. The second-order valence-corrected chi connectivity index (χ2v) is 7.51. The molecule has 2 aromatic rings. The van der Waals surface area contributed by atoms with Crippen LogP contribution in [0, 0.1) is 5.41 Å². The molecule has 3 heterocycles. The largest absolute Gasteiger partial charge is 0.381 e. The highest BCUT2D eigenvalue weighted by Gasteiger charge is 2.42. The summed E-state index contributed by atoms with van der Waals surface area (Å²) in [5, 5.41) is 3.46. The number of para-hydroxylation sites is 2. The first kappa shape index (κ1) is 17.3. The molecule has 0 bridgehead atoms. The number of guanidine groups is 1. The molecule has 26 heavy (non-hydrogen) atoms. The minimum absolute atomic E-state index is 0.366. The van der Waals surface area contributed by atoms with Crippen molar-refractivity contribution >= 4 is 17.0 Å². The summed E-state index contributed by atoms with van der Waals surface area (Å²) in [7, 11) is 0. The number of hydrogen-bond donors (Lipinski definition) is 2. The Bertz CT molecular complexity index is 729. The Kier molecular flexibility index (Phi) is 5.11. The van der Waals surface area contributed by atoms with Crippen molar-refractivity contribution in [2.75, 3.05) is 39.4 Å². The van der Waals surface area contributed by atoms with Crippen LogP contribution in [-0.4, -0.2) is 60.2 Å². The lowest BCUT2D eigenvalue weighted by Gasteiger charge is -2.24. The van der Waals surface area contributed by atoms with E-state index in [1.165, 1.54) is 12.8 Å². The number of nitrogens with zero attached hydrogens (tertiary/aromatic N) is 3. The van der Waals surface area contributed by atoms with Crippen LogP contribution in [0.1, 0.15) is 32.0 Å². The number of hydrogen-bond acceptors (Lipinski definition) is 3. The summed E-state index contributed by atoms with van der Waals surface area (Å²) in [6, 6.07) is 8.18. The van der Waals surface area contributed by atoms with E-state index in [-0.39, 0.29) is 0 Å². The average molecular weight is 355 g/mol. The molecule has 0 radical (unpaired) electrons. The molecule has 4 rings (SSSR count). The number of imidazole rings is 1. The van der Waals surface area contributed by atoms with Crippen LogP contribution in [0.2, 0.25) is 0 Å². The second kappa shape index (κ2) is 7.66. The number of rotatable bonds is 5. The Morgan fingerprint density at radius 3 is 3.12 bits per heavy atom. The number of likely N-dealkylation sites (tertiary alicyclic amines) is 1. The van der Waals surface area contributed by atoms with Crippen molar-refractivity contribution < 1.29 is 4.74 Å².